The van der Waals surface area contributed by atoms with Crippen LogP contribution in [0.2, 0.25) is 0 Å². The molecule has 1 aromatic carbocycles. The van der Waals surface area contributed by atoms with Gasteiger partial charge in [0.2, 0.25) is 5.91 Å². The summed E-state index contributed by atoms with van der Waals surface area (Å²) in [6.45, 7) is 0.880. The number of benzene rings is 1. The monoisotopic (exact) mass is 298 g/mol. The van der Waals surface area contributed by atoms with Gasteiger partial charge in [-0.2, -0.15) is 11.8 Å². The van der Waals surface area contributed by atoms with Crippen molar-refractivity contribution in [2.75, 3.05) is 23.4 Å². The van der Waals surface area contributed by atoms with Crippen LogP contribution >= 0.6 is 11.8 Å². The quantitative estimate of drug-likeness (QED) is 0.786. The van der Waals surface area contributed by atoms with E-state index in [1.54, 1.807) is 11.8 Å². The van der Waals surface area contributed by atoms with Gasteiger partial charge in [-0.15, -0.1) is 0 Å². The van der Waals surface area contributed by atoms with Crippen LogP contribution in [0.25, 0.3) is 0 Å². The lowest BCUT2D eigenvalue weighted by molar-refractivity contribution is -0.116. The Labute approximate surface area is 119 Å². The number of thioether (sulfide) groups is 1. The number of carboxylic acid groups (broad SMARTS) is 1. The highest BCUT2D eigenvalue weighted by atomic mass is 32.2. The molecule has 2 rings (SSSR count). The fourth-order valence-corrected chi connectivity index (χ4v) is 2.90. The van der Waals surface area contributed by atoms with Crippen molar-refractivity contribution in [3.05, 3.63) is 29.6 Å². The van der Waals surface area contributed by atoms with E-state index in [9.17, 15) is 14.0 Å². The van der Waals surface area contributed by atoms with Crippen molar-refractivity contribution in [3.8, 4) is 0 Å². The topological polar surface area (TPSA) is 78.4 Å². The number of anilines is 1. The molecular formula is C13H15FN2O3S. The van der Waals surface area contributed by atoms with Gasteiger partial charge in [-0.05, 0) is 18.2 Å². The first-order chi connectivity index (χ1) is 9.56. The smallest absolute Gasteiger partial charge is 0.338 e. The normalized spacial score (nSPS) is 18.6. The highest BCUT2D eigenvalue weighted by Crippen LogP contribution is 2.16. The molecule has 3 N–H and O–H groups in total. The number of aromatic carboxylic acids is 1. The zero-order valence-corrected chi connectivity index (χ0v) is 11.5. The lowest BCUT2D eigenvalue weighted by Gasteiger charge is -2.22. The maximum atomic E-state index is 13.5. The van der Waals surface area contributed by atoms with Gasteiger partial charge in [0.1, 0.15) is 5.82 Å². The molecule has 108 valence electrons. The van der Waals surface area contributed by atoms with E-state index in [1.807, 2.05) is 0 Å². The number of halogens is 1. The van der Waals surface area contributed by atoms with Gasteiger partial charge in [0, 0.05) is 36.2 Å². The molecule has 0 bridgehead atoms. The molecule has 0 radical (unpaired) electrons. The van der Waals surface area contributed by atoms with Crippen LogP contribution < -0.4 is 10.6 Å². The van der Waals surface area contributed by atoms with Crippen LogP contribution in [0.15, 0.2) is 18.2 Å². The molecule has 1 amide bonds. The molecule has 1 heterocycles. The van der Waals surface area contributed by atoms with Gasteiger partial charge < -0.3 is 15.7 Å². The molecule has 7 heteroatoms. The summed E-state index contributed by atoms with van der Waals surface area (Å²) in [5.41, 5.74) is -0.144. The highest BCUT2D eigenvalue weighted by molar-refractivity contribution is 7.99. The molecule has 0 aromatic heterocycles. The molecule has 5 nitrogen and oxygen atoms in total. The van der Waals surface area contributed by atoms with Crippen LogP contribution in [-0.4, -0.2) is 41.1 Å². The van der Waals surface area contributed by atoms with Crippen LogP contribution in [0.4, 0.5) is 10.1 Å². The molecule has 20 heavy (non-hydrogen) atoms. The van der Waals surface area contributed by atoms with Crippen molar-refractivity contribution in [1.29, 1.82) is 0 Å². The summed E-state index contributed by atoms with van der Waals surface area (Å²) < 4.78 is 13.5. The molecule has 1 fully saturated rings. The van der Waals surface area contributed by atoms with Gasteiger partial charge in [0.15, 0.2) is 0 Å². The summed E-state index contributed by atoms with van der Waals surface area (Å²) in [4.78, 5) is 22.5. The standard InChI is InChI=1S/C13H15FN2O3S/c14-11-5-8(1-2-10(11)13(18)19)16-12(17)6-9-7-20-4-3-15-9/h1-2,5,9,15H,3-4,6-7H2,(H,16,17)(H,18,19). The number of carboxylic acids is 1. The molecule has 1 aliphatic heterocycles. The van der Waals surface area contributed by atoms with Crippen LogP contribution in [0.5, 0.6) is 0 Å². The Balaban J connectivity index is 1.93. The first-order valence-corrected chi connectivity index (χ1v) is 7.35. The van der Waals surface area contributed by atoms with Crippen LogP contribution in [0.3, 0.4) is 0 Å². The molecule has 0 spiro atoms. The second kappa shape index (κ2) is 6.71. The van der Waals surface area contributed by atoms with Crippen molar-refractivity contribution in [2.45, 2.75) is 12.5 Å². The molecule has 1 aliphatic rings. The minimum absolute atomic E-state index is 0.122. The van der Waals surface area contributed by atoms with Crippen LogP contribution in [0, 0.1) is 5.82 Å². The van der Waals surface area contributed by atoms with E-state index in [0.717, 1.165) is 30.2 Å². The van der Waals surface area contributed by atoms with E-state index in [4.69, 9.17) is 5.11 Å². The van der Waals surface area contributed by atoms with Gasteiger partial charge in [0.05, 0.1) is 5.56 Å². The van der Waals surface area contributed by atoms with E-state index in [2.05, 4.69) is 10.6 Å². The van der Waals surface area contributed by atoms with Crippen LogP contribution in [-0.2, 0) is 4.79 Å². The first-order valence-electron chi connectivity index (χ1n) is 6.20. The van der Waals surface area contributed by atoms with Crippen molar-refractivity contribution >= 4 is 29.3 Å². The van der Waals surface area contributed by atoms with E-state index in [-0.39, 0.29) is 17.6 Å². The molecule has 0 aliphatic carbocycles. The third-order valence-electron chi connectivity index (χ3n) is 2.91. The average Bonchev–Trinajstić information content (AvgIpc) is 2.39. The molecule has 1 aromatic rings. The summed E-state index contributed by atoms with van der Waals surface area (Å²) in [6.07, 6.45) is 0.315. The van der Waals surface area contributed by atoms with Crippen molar-refractivity contribution < 1.29 is 19.1 Å². The Hall–Kier alpha value is -1.60. The lowest BCUT2D eigenvalue weighted by Crippen LogP contribution is -2.39. The fraction of sp³-hybridized carbons (Fsp3) is 0.385. The number of carbonyl (C=O) groups is 2. The maximum absolute atomic E-state index is 13.5. The Morgan fingerprint density at radius 3 is 2.90 bits per heavy atom. The zero-order chi connectivity index (χ0) is 14.5. The van der Waals surface area contributed by atoms with E-state index in [0.29, 0.717) is 6.42 Å². The molecule has 1 atom stereocenters. The number of hydrogen-bond donors (Lipinski definition) is 3. The Kier molecular flexibility index (Phi) is 4.97. The molecule has 1 unspecified atom stereocenters. The van der Waals surface area contributed by atoms with Crippen molar-refractivity contribution in [3.63, 3.8) is 0 Å². The van der Waals surface area contributed by atoms with Gasteiger partial charge in [0.25, 0.3) is 0 Å². The second-order valence-electron chi connectivity index (χ2n) is 4.48. The van der Waals surface area contributed by atoms with E-state index in [1.165, 1.54) is 6.07 Å². The Morgan fingerprint density at radius 2 is 2.30 bits per heavy atom. The predicted molar refractivity (Wildman–Crippen MR) is 75.7 cm³/mol. The van der Waals surface area contributed by atoms with Crippen molar-refractivity contribution in [1.82, 2.24) is 5.32 Å². The second-order valence-corrected chi connectivity index (χ2v) is 5.63. The zero-order valence-electron chi connectivity index (χ0n) is 10.7. The Morgan fingerprint density at radius 1 is 1.50 bits per heavy atom. The number of rotatable bonds is 4. The first kappa shape index (κ1) is 14.8. The van der Waals surface area contributed by atoms with E-state index >= 15 is 0 Å². The third-order valence-corrected chi connectivity index (χ3v) is 4.04. The SMILES string of the molecule is O=C(CC1CSCCN1)Nc1ccc(C(=O)O)c(F)c1. The number of carbonyl (C=O) groups excluding carboxylic acids is 1. The average molecular weight is 298 g/mol. The van der Waals surface area contributed by atoms with Crippen molar-refractivity contribution in [2.24, 2.45) is 0 Å². The minimum atomic E-state index is -1.33. The Bertz CT molecular complexity index is 518. The third kappa shape index (κ3) is 3.94. The number of hydrogen-bond acceptors (Lipinski definition) is 4. The van der Waals surface area contributed by atoms with Crippen LogP contribution in [0.1, 0.15) is 16.8 Å². The molecule has 0 saturated carbocycles. The van der Waals surface area contributed by atoms with Gasteiger partial charge in [-0.3, -0.25) is 4.79 Å². The van der Waals surface area contributed by atoms with Gasteiger partial charge >= 0.3 is 5.97 Å². The molecule has 1 saturated heterocycles. The predicted octanol–water partition coefficient (Wildman–Crippen LogP) is 1.56. The summed E-state index contributed by atoms with van der Waals surface area (Å²) in [5.74, 6) is -0.488. The highest BCUT2D eigenvalue weighted by Gasteiger charge is 2.17. The fourth-order valence-electron chi connectivity index (χ4n) is 1.95. The number of amides is 1. The van der Waals surface area contributed by atoms with E-state index < -0.39 is 17.3 Å². The summed E-state index contributed by atoms with van der Waals surface area (Å²) >= 11 is 1.79. The lowest BCUT2D eigenvalue weighted by atomic mass is 10.1. The largest absolute Gasteiger partial charge is 0.478 e. The maximum Gasteiger partial charge on any atom is 0.338 e. The van der Waals surface area contributed by atoms with Gasteiger partial charge in [-0.25, -0.2) is 9.18 Å². The minimum Gasteiger partial charge on any atom is -0.478 e. The summed E-state index contributed by atoms with van der Waals surface area (Å²) in [6, 6.07) is 3.66. The number of nitrogens with one attached hydrogen (secondary N) is 2. The summed E-state index contributed by atoms with van der Waals surface area (Å²) in [7, 11) is 0. The van der Waals surface area contributed by atoms with Gasteiger partial charge in [-0.1, -0.05) is 0 Å². The molecular weight excluding hydrogens is 283 g/mol. The summed E-state index contributed by atoms with van der Waals surface area (Å²) in [5, 5.41) is 14.5.